The molecule has 0 aliphatic heterocycles. The van der Waals surface area contributed by atoms with Crippen LogP contribution in [0, 0.1) is 18.7 Å². The number of nitrogens with one attached hydrogen (secondary N) is 1. The SMILES string of the molecule is COC1(C(NN)c2ccc(C)c(F)c2)CCCC(C)C1. The average molecular weight is 280 g/mol. The maximum atomic E-state index is 13.8. The number of nitrogens with two attached hydrogens (primary N) is 1. The molecule has 2 rings (SSSR count). The van der Waals surface area contributed by atoms with Gasteiger partial charge in [-0.15, -0.1) is 0 Å². The third-order valence-corrected chi connectivity index (χ3v) is 4.62. The number of ether oxygens (including phenoxy) is 1. The summed E-state index contributed by atoms with van der Waals surface area (Å²) in [6.07, 6.45) is 4.21. The Morgan fingerprint density at radius 2 is 2.25 bits per heavy atom. The van der Waals surface area contributed by atoms with Crippen molar-refractivity contribution in [2.75, 3.05) is 7.11 Å². The Labute approximate surface area is 120 Å². The van der Waals surface area contributed by atoms with E-state index in [0.717, 1.165) is 24.8 Å². The number of hydrogen-bond acceptors (Lipinski definition) is 3. The number of hydrogen-bond donors (Lipinski definition) is 2. The van der Waals surface area contributed by atoms with Gasteiger partial charge in [0.1, 0.15) is 5.82 Å². The van der Waals surface area contributed by atoms with Crippen molar-refractivity contribution in [1.29, 1.82) is 0 Å². The molecular weight excluding hydrogens is 255 g/mol. The van der Waals surface area contributed by atoms with Gasteiger partial charge < -0.3 is 4.74 Å². The van der Waals surface area contributed by atoms with Crippen LogP contribution in [0.15, 0.2) is 18.2 Å². The lowest BCUT2D eigenvalue weighted by Gasteiger charge is -2.44. The van der Waals surface area contributed by atoms with Gasteiger partial charge in [-0.25, -0.2) is 4.39 Å². The van der Waals surface area contributed by atoms with Gasteiger partial charge >= 0.3 is 0 Å². The van der Waals surface area contributed by atoms with Crippen LogP contribution in [-0.2, 0) is 4.74 Å². The van der Waals surface area contributed by atoms with E-state index >= 15 is 0 Å². The molecule has 3 nitrogen and oxygen atoms in total. The maximum absolute atomic E-state index is 13.8. The Hall–Kier alpha value is -0.970. The van der Waals surface area contributed by atoms with Crippen molar-refractivity contribution in [2.24, 2.45) is 11.8 Å². The van der Waals surface area contributed by atoms with Gasteiger partial charge in [0, 0.05) is 7.11 Å². The zero-order valence-corrected chi connectivity index (χ0v) is 12.6. The zero-order chi connectivity index (χ0) is 14.8. The van der Waals surface area contributed by atoms with Crippen molar-refractivity contribution >= 4 is 0 Å². The molecule has 1 saturated carbocycles. The van der Waals surface area contributed by atoms with Gasteiger partial charge in [0.15, 0.2) is 0 Å². The fraction of sp³-hybridized carbons (Fsp3) is 0.625. The van der Waals surface area contributed by atoms with E-state index < -0.39 is 0 Å². The first-order chi connectivity index (χ1) is 9.52. The fourth-order valence-electron chi connectivity index (χ4n) is 3.45. The van der Waals surface area contributed by atoms with E-state index in [0.29, 0.717) is 11.5 Å². The highest BCUT2D eigenvalue weighted by Crippen LogP contribution is 2.43. The third kappa shape index (κ3) is 2.87. The summed E-state index contributed by atoms with van der Waals surface area (Å²) in [5.74, 6) is 6.17. The van der Waals surface area contributed by atoms with Crippen LogP contribution < -0.4 is 11.3 Å². The number of methoxy groups -OCH3 is 1. The van der Waals surface area contributed by atoms with Crippen molar-refractivity contribution in [1.82, 2.24) is 5.43 Å². The third-order valence-electron chi connectivity index (χ3n) is 4.62. The molecule has 1 aliphatic carbocycles. The molecule has 3 unspecified atom stereocenters. The molecule has 0 bridgehead atoms. The quantitative estimate of drug-likeness (QED) is 0.657. The highest BCUT2D eigenvalue weighted by Gasteiger charge is 2.42. The topological polar surface area (TPSA) is 47.3 Å². The van der Waals surface area contributed by atoms with E-state index in [1.807, 2.05) is 6.07 Å². The minimum Gasteiger partial charge on any atom is -0.376 e. The molecule has 4 heteroatoms. The summed E-state index contributed by atoms with van der Waals surface area (Å²) < 4.78 is 19.7. The standard InChI is InChI=1S/C16H25FN2O/c1-11-5-4-8-16(10-11,20-3)15(19-18)13-7-6-12(2)14(17)9-13/h6-7,9,11,15,19H,4-5,8,10,18H2,1-3H3. The number of halogens is 1. The van der Waals surface area contributed by atoms with Gasteiger partial charge in [0.25, 0.3) is 0 Å². The summed E-state index contributed by atoms with van der Waals surface area (Å²) >= 11 is 0. The van der Waals surface area contributed by atoms with E-state index in [1.165, 1.54) is 6.42 Å². The normalized spacial score (nSPS) is 28.4. The van der Waals surface area contributed by atoms with E-state index in [9.17, 15) is 4.39 Å². The predicted molar refractivity (Wildman–Crippen MR) is 78.6 cm³/mol. The highest BCUT2D eigenvalue weighted by molar-refractivity contribution is 5.28. The van der Waals surface area contributed by atoms with Gasteiger partial charge in [-0.1, -0.05) is 31.9 Å². The van der Waals surface area contributed by atoms with Crippen molar-refractivity contribution in [3.63, 3.8) is 0 Å². The number of aryl methyl sites for hydroxylation is 1. The monoisotopic (exact) mass is 280 g/mol. The summed E-state index contributed by atoms with van der Waals surface area (Å²) in [6, 6.07) is 5.11. The van der Waals surface area contributed by atoms with Crippen LogP contribution >= 0.6 is 0 Å². The van der Waals surface area contributed by atoms with Gasteiger partial charge in [0.2, 0.25) is 0 Å². The minimum atomic E-state index is -0.353. The van der Waals surface area contributed by atoms with Crippen molar-refractivity contribution in [3.8, 4) is 0 Å². The summed E-state index contributed by atoms with van der Waals surface area (Å²) in [7, 11) is 1.73. The molecule has 0 saturated heterocycles. The zero-order valence-electron chi connectivity index (χ0n) is 12.6. The average Bonchev–Trinajstić information content (AvgIpc) is 2.43. The summed E-state index contributed by atoms with van der Waals surface area (Å²) in [4.78, 5) is 0. The maximum Gasteiger partial charge on any atom is 0.126 e. The van der Waals surface area contributed by atoms with E-state index in [2.05, 4.69) is 12.3 Å². The Balaban J connectivity index is 2.35. The molecule has 1 fully saturated rings. The van der Waals surface area contributed by atoms with Crippen LogP contribution in [0.3, 0.4) is 0 Å². The molecule has 112 valence electrons. The second-order valence-electron chi connectivity index (χ2n) is 6.08. The van der Waals surface area contributed by atoms with Gasteiger partial charge in [-0.2, -0.15) is 0 Å². The van der Waals surface area contributed by atoms with Crippen LogP contribution in [0.4, 0.5) is 4.39 Å². The van der Waals surface area contributed by atoms with Crippen LogP contribution in [0.5, 0.6) is 0 Å². The molecule has 0 spiro atoms. The molecule has 0 heterocycles. The fourth-order valence-corrected chi connectivity index (χ4v) is 3.45. The Morgan fingerprint density at radius 3 is 2.80 bits per heavy atom. The Morgan fingerprint density at radius 1 is 1.50 bits per heavy atom. The number of hydrazine groups is 1. The predicted octanol–water partition coefficient (Wildman–Crippen LogP) is 3.23. The van der Waals surface area contributed by atoms with E-state index in [1.54, 1.807) is 26.2 Å². The van der Waals surface area contributed by atoms with Gasteiger partial charge in [-0.3, -0.25) is 11.3 Å². The van der Waals surface area contributed by atoms with Crippen LogP contribution in [0.25, 0.3) is 0 Å². The Kier molecular flexibility index (Phi) is 4.78. The second-order valence-corrected chi connectivity index (χ2v) is 6.08. The van der Waals surface area contributed by atoms with Crippen LogP contribution in [-0.4, -0.2) is 12.7 Å². The molecule has 0 aromatic heterocycles. The van der Waals surface area contributed by atoms with Crippen molar-refractivity contribution in [2.45, 2.75) is 51.2 Å². The molecule has 1 aliphatic rings. The summed E-state index contributed by atoms with van der Waals surface area (Å²) in [5, 5.41) is 0. The number of benzene rings is 1. The molecule has 3 N–H and O–H groups in total. The largest absolute Gasteiger partial charge is 0.376 e. The Bertz CT molecular complexity index is 466. The van der Waals surface area contributed by atoms with Gasteiger partial charge in [-0.05, 0) is 42.9 Å². The lowest BCUT2D eigenvalue weighted by atomic mass is 9.73. The number of rotatable bonds is 4. The van der Waals surface area contributed by atoms with Crippen LogP contribution in [0.1, 0.15) is 49.8 Å². The first kappa shape index (κ1) is 15.4. The molecule has 1 aromatic rings. The highest BCUT2D eigenvalue weighted by atomic mass is 19.1. The molecule has 1 aromatic carbocycles. The molecule has 3 atom stereocenters. The van der Waals surface area contributed by atoms with Crippen LogP contribution in [0.2, 0.25) is 0 Å². The lowest BCUT2D eigenvalue weighted by Crippen LogP contribution is -2.50. The molecular formula is C16H25FN2O. The van der Waals surface area contributed by atoms with Crippen molar-refractivity contribution < 1.29 is 9.13 Å². The first-order valence-electron chi connectivity index (χ1n) is 7.30. The minimum absolute atomic E-state index is 0.189. The smallest absolute Gasteiger partial charge is 0.126 e. The summed E-state index contributed by atoms with van der Waals surface area (Å²) in [6.45, 7) is 4.00. The van der Waals surface area contributed by atoms with E-state index in [4.69, 9.17) is 10.6 Å². The lowest BCUT2D eigenvalue weighted by molar-refractivity contribution is -0.0806. The second kappa shape index (κ2) is 6.20. The molecule has 20 heavy (non-hydrogen) atoms. The van der Waals surface area contributed by atoms with Gasteiger partial charge in [0.05, 0.1) is 11.6 Å². The first-order valence-corrected chi connectivity index (χ1v) is 7.30. The van der Waals surface area contributed by atoms with E-state index in [-0.39, 0.29) is 17.5 Å². The molecule has 0 amide bonds. The summed E-state index contributed by atoms with van der Waals surface area (Å²) in [5.41, 5.74) is 4.00. The van der Waals surface area contributed by atoms with Crippen molar-refractivity contribution in [3.05, 3.63) is 35.1 Å². The molecule has 0 radical (unpaired) electrons.